The second kappa shape index (κ2) is 9.73. The highest BCUT2D eigenvalue weighted by molar-refractivity contribution is 5.96. The molecule has 3 rings (SSSR count). The minimum Gasteiger partial charge on any atom is -0.477 e. The molecular weight excluding hydrogens is 380 g/mol. The molecule has 0 saturated heterocycles. The van der Waals surface area contributed by atoms with Crippen LogP contribution in [0.2, 0.25) is 0 Å². The Kier molecular flexibility index (Phi) is 7.07. The largest absolute Gasteiger partial charge is 0.477 e. The Hall–Kier alpha value is -2.90. The minimum atomic E-state index is -0.129. The summed E-state index contributed by atoms with van der Waals surface area (Å²) in [4.78, 5) is 28.1. The molecule has 2 aromatic rings. The molecular formula is C22H32N6O2. The molecule has 2 N–H and O–H groups in total. The summed E-state index contributed by atoms with van der Waals surface area (Å²) >= 11 is 0. The molecule has 0 aliphatic heterocycles. The summed E-state index contributed by atoms with van der Waals surface area (Å²) in [6.45, 7) is 6.41. The van der Waals surface area contributed by atoms with Crippen molar-refractivity contribution in [1.29, 1.82) is 0 Å². The zero-order valence-corrected chi connectivity index (χ0v) is 18.5. The lowest BCUT2D eigenvalue weighted by atomic mass is 9.91. The number of carbonyl (C=O) groups excluding carboxylic acids is 1. The maximum Gasteiger partial charge on any atom is 0.256 e. The topological polar surface area (TPSA) is 92.3 Å². The van der Waals surface area contributed by atoms with Gasteiger partial charge in [0.05, 0.1) is 6.61 Å². The van der Waals surface area contributed by atoms with E-state index in [1.807, 2.05) is 39.8 Å². The summed E-state index contributed by atoms with van der Waals surface area (Å²) in [5, 5.41) is 6.62. The van der Waals surface area contributed by atoms with Crippen molar-refractivity contribution < 1.29 is 9.53 Å². The van der Waals surface area contributed by atoms with Crippen LogP contribution in [0.5, 0.6) is 5.88 Å². The van der Waals surface area contributed by atoms with Gasteiger partial charge in [-0.3, -0.25) is 4.79 Å². The number of hydrogen-bond acceptors (Lipinski definition) is 7. The van der Waals surface area contributed by atoms with Gasteiger partial charge in [-0.2, -0.15) is 4.98 Å². The molecule has 8 heteroatoms. The van der Waals surface area contributed by atoms with E-state index in [4.69, 9.17) is 4.74 Å². The number of amides is 1. The fourth-order valence-electron chi connectivity index (χ4n) is 3.76. The van der Waals surface area contributed by atoms with Gasteiger partial charge in [0.2, 0.25) is 11.8 Å². The van der Waals surface area contributed by atoms with Gasteiger partial charge in [0.1, 0.15) is 11.4 Å². The van der Waals surface area contributed by atoms with Crippen LogP contribution in [0.1, 0.15) is 54.2 Å². The Morgan fingerprint density at radius 2 is 1.87 bits per heavy atom. The van der Waals surface area contributed by atoms with Crippen LogP contribution >= 0.6 is 0 Å². The molecule has 8 nitrogen and oxygen atoms in total. The first-order chi connectivity index (χ1) is 14.4. The normalized spacial score (nSPS) is 18.6. The highest BCUT2D eigenvalue weighted by Gasteiger charge is 2.25. The van der Waals surface area contributed by atoms with E-state index in [1.165, 1.54) is 0 Å². The summed E-state index contributed by atoms with van der Waals surface area (Å²) in [6.07, 6.45) is 5.33. The summed E-state index contributed by atoms with van der Waals surface area (Å²) in [6, 6.07) is 3.94. The molecule has 1 amide bonds. The zero-order chi connectivity index (χ0) is 21.7. The SMILES string of the molecule is CCOc1ncccc1C(=O)N[C@H]1CC[C@@H](Nc2nc(C)c(C)c(N(C)C)n2)CC1. The quantitative estimate of drug-likeness (QED) is 0.722. The van der Waals surface area contributed by atoms with E-state index >= 15 is 0 Å². The molecule has 1 aliphatic rings. The van der Waals surface area contributed by atoms with Crippen LogP contribution in [0.25, 0.3) is 0 Å². The van der Waals surface area contributed by atoms with Crippen LogP contribution in [0, 0.1) is 13.8 Å². The smallest absolute Gasteiger partial charge is 0.256 e. The third kappa shape index (κ3) is 5.17. The summed E-state index contributed by atoms with van der Waals surface area (Å²) in [7, 11) is 3.98. The number of nitrogens with zero attached hydrogens (tertiary/aromatic N) is 4. The number of rotatable bonds is 7. The molecule has 0 radical (unpaired) electrons. The van der Waals surface area contributed by atoms with Crippen molar-refractivity contribution in [3.05, 3.63) is 35.2 Å². The lowest BCUT2D eigenvalue weighted by Crippen LogP contribution is -2.40. The first-order valence-electron chi connectivity index (χ1n) is 10.6. The Morgan fingerprint density at radius 3 is 2.53 bits per heavy atom. The highest BCUT2D eigenvalue weighted by Crippen LogP contribution is 2.25. The van der Waals surface area contributed by atoms with E-state index < -0.39 is 0 Å². The van der Waals surface area contributed by atoms with E-state index in [0.29, 0.717) is 30.0 Å². The highest BCUT2D eigenvalue weighted by atomic mass is 16.5. The number of aromatic nitrogens is 3. The first-order valence-corrected chi connectivity index (χ1v) is 10.6. The first kappa shape index (κ1) is 21.8. The molecule has 1 saturated carbocycles. The average Bonchev–Trinajstić information content (AvgIpc) is 2.72. The van der Waals surface area contributed by atoms with E-state index in [2.05, 4.69) is 25.6 Å². The Bertz CT molecular complexity index is 878. The maximum absolute atomic E-state index is 12.7. The van der Waals surface area contributed by atoms with E-state index in [-0.39, 0.29) is 11.9 Å². The van der Waals surface area contributed by atoms with Crippen LogP contribution in [0.3, 0.4) is 0 Å². The number of nitrogens with one attached hydrogen (secondary N) is 2. The summed E-state index contributed by atoms with van der Waals surface area (Å²) in [5.74, 6) is 1.87. The molecule has 1 fully saturated rings. The standard InChI is InChI=1S/C22H32N6O2/c1-6-30-21-18(8-7-13-23-21)20(29)25-16-9-11-17(12-10-16)26-22-24-15(3)14(2)19(27-22)28(4)5/h7-8,13,16-17H,6,9-12H2,1-5H3,(H,25,29)(H,24,26,27)/t16-,17+. The van der Waals surface area contributed by atoms with Crippen molar-refractivity contribution >= 4 is 17.7 Å². The van der Waals surface area contributed by atoms with Crippen molar-refractivity contribution in [1.82, 2.24) is 20.3 Å². The molecule has 0 unspecified atom stereocenters. The van der Waals surface area contributed by atoms with Gasteiger partial charge in [0, 0.05) is 43.6 Å². The molecule has 0 spiro atoms. The average molecular weight is 413 g/mol. The molecule has 0 aromatic carbocycles. The molecule has 2 aromatic heterocycles. The van der Waals surface area contributed by atoms with Crippen LogP contribution < -0.4 is 20.3 Å². The second-order valence-electron chi connectivity index (χ2n) is 7.93. The fraction of sp³-hybridized carbons (Fsp3) is 0.545. The van der Waals surface area contributed by atoms with E-state index in [1.54, 1.807) is 18.3 Å². The predicted octanol–water partition coefficient (Wildman–Crippen LogP) is 3.11. The van der Waals surface area contributed by atoms with Gasteiger partial charge in [-0.1, -0.05) is 0 Å². The van der Waals surface area contributed by atoms with Crippen molar-refractivity contribution in [3.63, 3.8) is 0 Å². The van der Waals surface area contributed by atoms with Crippen LogP contribution in [-0.2, 0) is 0 Å². The molecule has 2 heterocycles. The van der Waals surface area contributed by atoms with Gasteiger partial charge < -0.3 is 20.3 Å². The Balaban J connectivity index is 1.56. The summed E-state index contributed by atoms with van der Waals surface area (Å²) in [5.41, 5.74) is 2.57. The van der Waals surface area contributed by atoms with E-state index in [0.717, 1.165) is 42.8 Å². The van der Waals surface area contributed by atoms with Crippen LogP contribution in [0.4, 0.5) is 11.8 Å². The molecule has 1 aliphatic carbocycles. The Labute approximate surface area is 178 Å². The van der Waals surface area contributed by atoms with Gasteiger partial charge in [-0.25, -0.2) is 9.97 Å². The van der Waals surface area contributed by atoms with Crippen molar-refractivity contribution in [2.75, 3.05) is 30.9 Å². The number of anilines is 2. The third-order valence-electron chi connectivity index (χ3n) is 5.48. The van der Waals surface area contributed by atoms with Gasteiger partial charge in [0.25, 0.3) is 5.91 Å². The maximum atomic E-state index is 12.7. The molecule has 0 atom stereocenters. The van der Waals surface area contributed by atoms with Gasteiger partial charge in [-0.05, 0) is 58.6 Å². The number of ether oxygens (including phenoxy) is 1. The monoisotopic (exact) mass is 412 g/mol. The minimum absolute atomic E-state index is 0.129. The summed E-state index contributed by atoms with van der Waals surface area (Å²) < 4.78 is 5.48. The van der Waals surface area contributed by atoms with Crippen molar-refractivity contribution in [3.8, 4) is 5.88 Å². The lowest BCUT2D eigenvalue weighted by molar-refractivity contribution is 0.0922. The number of aryl methyl sites for hydroxylation is 1. The number of pyridine rings is 1. The number of carbonyl (C=O) groups is 1. The fourth-order valence-corrected chi connectivity index (χ4v) is 3.76. The van der Waals surface area contributed by atoms with Crippen molar-refractivity contribution in [2.24, 2.45) is 0 Å². The van der Waals surface area contributed by atoms with Crippen LogP contribution in [-0.4, -0.2) is 53.6 Å². The van der Waals surface area contributed by atoms with Crippen LogP contribution in [0.15, 0.2) is 18.3 Å². The predicted molar refractivity (Wildman–Crippen MR) is 118 cm³/mol. The van der Waals surface area contributed by atoms with Crippen molar-refractivity contribution in [2.45, 2.75) is 58.5 Å². The third-order valence-corrected chi connectivity index (χ3v) is 5.48. The van der Waals surface area contributed by atoms with Gasteiger partial charge >= 0.3 is 0 Å². The number of hydrogen-bond donors (Lipinski definition) is 2. The molecule has 162 valence electrons. The van der Waals surface area contributed by atoms with Gasteiger partial charge in [-0.15, -0.1) is 0 Å². The zero-order valence-electron chi connectivity index (χ0n) is 18.5. The molecule has 30 heavy (non-hydrogen) atoms. The van der Waals surface area contributed by atoms with Gasteiger partial charge in [0.15, 0.2) is 0 Å². The van der Waals surface area contributed by atoms with E-state index in [9.17, 15) is 4.79 Å². The second-order valence-corrected chi connectivity index (χ2v) is 7.93. The lowest BCUT2D eigenvalue weighted by Gasteiger charge is -2.30. The Morgan fingerprint density at radius 1 is 1.17 bits per heavy atom. The molecule has 0 bridgehead atoms.